The molecule has 0 aliphatic rings. The summed E-state index contributed by atoms with van der Waals surface area (Å²) >= 11 is 0. The summed E-state index contributed by atoms with van der Waals surface area (Å²) in [6, 6.07) is 28.8. The third-order valence-electron chi connectivity index (χ3n) is 7.78. The van der Waals surface area contributed by atoms with E-state index in [1.807, 2.05) is 47.6 Å². The molecule has 0 aliphatic heterocycles. The second-order valence-corrected chi connectivity index (χ2v) is 14.4. The molecule has 0 saturated heterocycles. The van der Waals surface area contributed by atoms with Crippen LogP contribution in [-0.2, 0) is 25.5 Å². The van der Waals surface area contributed by atoms with E-state index >= 15 is 0 Å². The number of aromatic nitrogens is 3. The molecule has 0 amide bonds. The fraction of sp³-hybridized carbons (Fsp3) is 0.405. The summed E-state index contributed by atoms with van der Waals surface area (Å²) in [5, 5.41) is 22.0. The van der Waals surface area contributed by atoms with E-state index in [1.165, 1.54) is 16.3 Å². The largest absolute Gasteiger partial charge is 0.392 e. The summed E-state index contributed by atoms with van der Waals surface area (Å²) in [6.07, 6.45) is 1.22. The molecular weight excluding hydrogens is 711 g/mol. The normalized spacial score (nSPS) is 13.7. The molecule has 3 aromatic carbocycles. The second kappa shape index (κ2) is 13.4. The number of para-hydroxylation sites is 2. The van der Waals surface area contributed by atoms with Crippen LogP contribution >= 0.6 is 0 Å². The van der Waals surface area contributed by atoms with Gasteiger partial charge in [-0.3, -0.25) is 4.98 Å². The average Bonchev–Trinajstić information content (AvgIpc) is 3.26. The number of rotatable bonds is 4. The maximum atomic E-state index is 9.76. The topological polar surface area (TPSA) is 71.2 Å². The van der Waals surface area contributed by atoms with Crippen molar-refractivity contribution in [3.8, 4) is 16.9 Å². The third-order valence-corrected chi connectivity index (χ3v) is 7.78. The number of hydrogen-bond acceptors (Lipinski definition) is 4. The van der Waals surface area contributed by atoms with Gasteiger partial charge in [0.15, 0.2) is 0 Å². The molecule has 0 bridgehead atoms. The molecule has 6 heteroatoms. The molecule has 43 heavy (non-hydrogen) atoms. The van der Waals surface area contributed by atoms with Gasteiger partial charge in [0, 0.05) is 48.8 Å². The summed E-state index contributed by atoms with van der Waals surface area (Å²) < 4.78 is 2.30. The van der Waals surface area contributed by atoms with Crippen LogP contribution in [0.4, 0.5) is 0 Å². The van der Waals surface area contributed by atoms with Crippen molar-refractivity contribution in [2.75, 3.05) is 0 Å². The van der Waals surface area contributed by atoms with Gasteiger partial charge in [-0.2, -0.15) is 0 Å². The van der Waals surface area contributed by atoms with E-state index in [2.05, 4.69) is 108 Å². The van der Waals surface area contributed by atoms with E-state index in [1.54, 1.807) is 6.33 Å². The Hall–Kier alpha value is -2.89. The van der Waals surface area contributed by atoms with Crippen molar-refractivity contribution in [2.45, 2.75) is 86.4 Å². The van der Waals surface area contributed by atoms with Crippen molar-refractivity contribution in [3.63, 3.8) is 0 Å². The molecule has 1 radical (unpaired) electrons. The van der Waals surface area contributed by atoms with Crippen LogP contribution in [0.5, 0.6) is 0 Å². The van der Waals surface area contributed by atoms with E-state index in [4.69, 9.17) is 0 Å². The molecule has 2 unspecified atom stereocenters. The molecule has 0 saturated carbocycles. The standard InChI is InChI=1S/C26H22N3.C11H24O2.Ir/c1-26(2,3)25-16-22(27-17-28-25)18-13-14-24-21(15-18)20-11-7-8-12-23(20)29(24)19-9-5-4-6-10-19;1-10(2,3)8(12)7-9(13)11(4,5)6;/h4-12,14-17H,1-3H3;8-9,12-13H,7H2,1-6H3;/q-1;;. The quantitative estimate of drug-likeness (QED) is 0.181. The zero-order valence-electron chi connectivity index (χ0n) is 26.9. The van der Waals surface area contributed by atoms with E-state index < -0.39 is 12.2 Å². The predicted octanol–water partition coefficient (Wildman–Crippen LogP) is 8.53. The first-order chi connectivity index (χ1) is 19.6. The molecule has 2 N–H and O–H groups in total. The summed E-state index contributed by atoms with van der Waals surface area (Å²) in [5.74, 6) is 0. The zero-order valence-corrected chi connectivity index (χ0v) is 29.3. The summed E-state index contributed by atoms with van der Waals surface area (Å²) in [7, 11) is 0. The number of aliphatic hydroxyl groups is 2. The van der Waals surface area contributed by atoms with Gasteiger partial charge in [0.25, 0.3) is 0 Å². The number of aliphatic hydroxyl groups excluding tert-OH is 2. The monoisotopic (exact) mass is 757 g/mol. The minimum atomic E-state index is -0.443. The van der Waals surface area contributed by atoms with Gasteiger partial charge in [0.2, 0.25) is 0 Å². The molecular formula is C37H46IrN3O2-. The van der Waals surface area contributed by atoms with Crippen LogP contribution in [0.25, 0.3) is 38.8 Å². The van der Waals surface area contributed by atoms with E-state index in [0.29, 0.717) is 6.42 Å². The molecule has 0 fully saturated rings. The maximum absolute atomic E-state index is 9.76. The van der Waals surface area contributed by atoms with Gasteiger partial charge in [-0.25, -0.2) is 4.98 Å². The molecule has 231 valence electrons. The van der Waals surface area contributed by atoms with Crippen molar-refractivity contribution >= 4 is 21.8 Å². The van der Waals surface area contributed by atoms with E-state index in [9.17, 15) is 10.2 Å². The molecule has 5 rings (SSSR count). The Bertz CT molecular complexity index is 1620. The summed E-state index contributed by atoms with van der Waals surface area (Å²) in [4.78, 5) is 8.99. The maximum Gasteiger partial charge on any atom is 0.105 e. The Morgan fingerprint density at radius 2 is 1.30 bits per heavy atom. The van der Waals surface area contributed by atoms with Gasteiger partial charge in [0.1, 0.15) is 6.33 Å². The first-order valence-corrected chi connectivity index (χ1v) is 14.8. The Kier molecular flexibility index (Phi) is 10.8. The van der Waals surface area contributed by atoms with E-state index in [-0.39, 0.29) is 36.4 Å². The number of fused-ring (bicyclic) bond motifs is 3. The molecule has 5 nitrogen and oxygen atoms in total. The van der Waals surface area contributed by atoms with Crippen LogP contribution in [0, 0.1) is 16.9 Å². The fourth-order valence-corrected chi connectivity index (χ4v) is 4.75. The second-order valence-electron chi connectivity index (χ2n) is 14.4. The van der Waals surface area contributed by atoms with E-state index in [0.717, 1.165) is 28.2 Å². The summed E-state index contributed by atoms with van der Waals surface area (Å²) in [5.41, 5.74) is 6.09. The zero-order chi connectivity index (χ0) is 30.9. The average molecular weight is 757 g/mol. The minimum absolute atomic E-state index is 0. The van der Waals surface area contributed by atoms with Crippen LogP contribution in [-0.4, -0.2) is 37.0 Å². The molecule has 2 aromatic heterocycles. The van der Waals surface area contributed by atoms with Gasteiger partial charge in [-0.15, -0.1) is 23.8 Å². The Balaban J connectivity index is 0.000000310. The fourth-order valence-electron chi connectivity index (χ4n) is 4.75. The molecule has 2 atom stereocenters. The van der Waals surface area contributed by atoms with Crippen molar-refractivity contribution in [1.82, 2.24) is 14.5 Å². The first-order valence-electron chi connectivity index (χ1n) is 14.8. The minimum Gasteiger partial charge on any atom is -0.392 e. The predicted molar refractivity (Wildman–Crippen MR) is 175 cm³/mol. The van der Waals surface area contributed by atoms with Crippen molar-refractivity contribution in [1.29, 1.82) is 0 Å². The van der Waals surface area contributed by atoms with Crippen LogP contribution in [0.15, 0.2) is 79.1 Å². The number of benzene rings is 3. The molecule has 5 aromatic rings. The Labute approximate surface area is 270 Å². The Morgan fingerprint density at radius 3 is 1.88 bits per heavy atom. The van der Waals surface area contributed by atoms with Crippen LogP contribution in [0.1, 0.15) is 74.4 Å². The van der Waals surface area contributed by atoms with Gasteiger partial charge in [0.05, 0.1) is 12.2 Å². The molecule has 0 aliphatic carbocycles. The smallest absolute Gasteiger partial charge is 0.105 e. The van der Waals surface area contributed by atoms with Gasteiger partial charge >= 0.3 is 0 Å². The van der Waals surface area contributed by atoms with Crippen molar-refractivity contribution in [3.05, 3.63) is 90.9 Å². The molecule has 2 heterocycles. The van der Waals surface area contributed by atoms with Gasteiger partial charge in [-0.1, -0.05) is 110 Å². The van der Waals surface area contributed by atoms with Crippen LogP contribution in [0.2, 0.25) is 0 Å². The number of nitrogens with zero attached hydrogens (tertiary/aromatic N) is 3. The summed E-state index contributed by atoms with van der Waals surface area (Å²) in [6.45, 7) is 18.4. The number of hydrogen-bond donors (Lipinski definition) is 2. The van der Waals surface area contributed by atoms with Crippen LogP contribution in [0.3, 0.4) is 0 Å². The SMILES string of the molecule is CC(C)(C)C(O)CC(O)C(C)(C)C.CC(C)(C)c1cc(-c2[c-]cc3c(c2)c2ccccc2n3-c2ccccc2)ncn1.[Ir]. The third kappa shape index (κ3) is 8.19. The van der Waals surface area contributed by atoms with Crippen molar-refractivity contribution in [2.24, 2.45) is 10.8 Å². The molecule has 0 spiro atoms. The van der Waals surface area contributed by atoms with Gasteiger partial charge in [-0.05, 0) is 45.6 Å². The first kappa shape index (κ1) is 34.6. The van der Waals surface area contributed by atoms with Gasteiger partial charge < -0.3 is 14.8 Å². The van der Waals surface area contributed by atoms with Crippen LogP contribution < -0.4 is 0 Å². The van der Waals surface area contributed by atoms with Crippen molar-refractivity contribution < 1.29 is 30.3 Å². The Morgan fingerprint density at radius 1 is 0.721 bits per heavy atom.